The van der Waals surface area contributed by atoms with Crippen LogP contribution in [-0.2, 0) is 6.61 Å². The van der Waals surface area contributed by atoms with Gasteiger partial charge in [0.25, 0.3) is 5.91 Å². The molecular formula is C37H36F4N2O4. The van der Waals surface area contributed by atoms with Crippen molar-refractivity contribution in [1.82, 2.24) is 0 Å². The Kier molecular flexibility index (Phi) is 9.51. The van der Waals surface area contributed by atoms with E-state index in [9.17, 15) is 18.7 Å². The maximum Gasteiger partial charge on any atom is 0.262 e. The molecule has 246 valence electrons. The summed E-state index contributed by atoms with van der Waals surface area (Å²) in [4.78, 5) is 15.5. The molecule has 47 heavy (non-hydrogen) atoms. The lowest BCUT2D eigenvalue weighted by Gasteiger charge is -2.33. The quantitative estimate of drug-likeness (QED) is 0.108. The second kappa shape index (κ2) is 13.4. The number of hydrogen-bond donors (Lipinski definition) is 2. The fourth-order valence-electron chi connectivity index (χ4n) is 5.60. The van der Waals surface area contributed by atoms with Crippen molar-refractivity contribution in [3.63, 3.8) is 0 Å². The first-order valence-corrected chi connectivity index (χ1v) is 15.2. The minimum absolute atomic E-state index is 0.0302. The lowest BCUT2D eigenvalue weighted by atomic mass is 9.83. The number of ether oxygens (including phenoxy) is 2. The third kappa shape index (κ3) is 6.63. The molecule has 1 atom stereocenters. The summed E-state index contributed by atoms with van der Waals surface area (Å²) in [5.74, 6) is -7.42. The van der Waals surface area contributed by atoms with Crippen LogP contribution in [0.2, 0.25) is 0 Å². The van der Waals surface area contributed by atoms with Crippen LogP contribution in [0.3, 0.4) is 0 Å². The number of halogens is 4. The van der Waals surface area contributed by atoms with Crippen molar-refractivity contribution in [3.05, 3.63) is 124 Å². The van der Waals surface area contributed by atoms with Crippen LogP contribution in [0.1, 0.15) is 68.1 Å². The van der Waals surface area contributed by atoms with Gasteiger partial charge in [-0.1, -0.05) is 63.6 Å². The number of fused-ring (bicyclic) bond motifs is 1. The van der Waals surface area contributed by atoms with E-state index in [1.165, 1.54) is 30.3 Å². The predicted octanol–water partition coefficient (Wildman–Crippen LogP) is 9.45. The van der Waals surface area contributed by atoms with Gasteiger partial charge >= 0.3 is 0 Å². The molecule has 0 saturated heterocycles. The first kappa shape index (κ1) is 33.4. The summed E-state index contributed by atoms with van der Waals surface area (Å²) in [6.45, 7) is 8.02. The molecular weight excluding hydrogens is 612 g/mol. The van der Waals surface area contributed by atoms with Crippen molar-refractivity contribution < 1.29 is 36.9 Å². The van der Waals surface area contributed by atoms with Crippen molar-refractivity contribution >= 4 is 17.3 Å². The number of carbonyl (C=O) groups excluding carboxylic acids is 1. The first-order valence-electron chi connectivity index (χ1n) is 15.2. The molecule has 1 heterocycles. The highest BCUT2D eigenvalue weighted by atomic mass is 19.2. The number of carbonyl (C=O) groups is 1. The van der Waals surface area contributed by atoms with Gasteiger partial charge in [-0.25, -0.2) is 13.2 Å². The highest BCUT2D eigenvalue weighted by Crippen LogP contribution is 2.48. The van der Waals surface area contributed by atoms with Gasteiger partial charge in [0.1, 0.15) is 29.6 Å². The van der Waals surface area contributed by atoms with Crippen molar-refractivity contribution in [3.8, 4) is 17.2 Å². The molecule has 0 bridgehead atoms. The van der Waals surface area contributed by atoms with Crippen molar-refractivity contribution in [2.24, 2.45) is 5.41 Å². The molecule has 4 aromatic rings. The average molecular weight is 649 g/mol. The molecule has 6 nitrogen and oxygen atoms in total. The Balaban J connectivity index is 1.72. The molecule has 0 fully saturated rings. The van der Waals surface area contributed by atoms with Gasteiger partial charge in [-0.3, -0.25) is 9.69 Å². The molecule has 0 spiro atoms. The van der Waals surface area contributed by atoms with E-state index in [-0.39, 0.29) is 40.5 Å². The number of rotatable bonds is 9. The number of para-hydroxylation sites is 1. The zero-order valence-corrected chi connectivity index (χ0v) is 26.8. The van der Waals surface area contributed by atoms with Crippen LogP contribution in [-0.4, -0.2) is 18.1 Å². The molecule has 1 unspecified atom stereocenters. The second-order valence-electron chi connectivity index (χ2n) is 12.3. The zero-order chi connectivity index (χ0) is 34.0. The van der Waals surface area contributed by atoms with Gasteiger partial charge in [0.15, 0.2) is 17.4 Å². The Morgan fingerprint density at radius 1 is 0.957 bits per heavy atom. The summed E-state index contributed by atoms with van der Waals surface area (Å²) in [5.41, 5.74) is 1.08. The number of methoxy groups -OCH3 is 1. The molecule has 0 aromatic heterocycles. The Labute approximate surface area is 271 Å². The summed E-state index contributed by atoms with van der Waals surface area (Å²) in [7, 11) is 0.951. The van der Waals surface area contributed by atoms with Gasteiger partial charge in [0.05, 0.1) is 24.4 Å². The monoisotopic (exact) mass is 648 g/mol. The van der Waals surface area contributed by atoms with Crippen LogP contribution < -0.4 is 19.7 Å². The van der Waals surface area contributed by atoms with Gasteiger partial charge in [-0.05, 0) is 60.2 Å². The number of phenols is 1. The molecule has 0 aliphatic carbocycles. The summed E-state index contributed by atoms with van der Waals surface area (Å²) < 4.78 is 71.7. The standard InChI is InChI=1S/C37H36F4N2O4/c1-6-37(3,4)19-28-21(2)34(24-16-15-23(17-26(24)38)47-20-22-11-8-7-9-12-22)43(29-13-10-14-30(44)33(29)42-28)36(45)25-18-27(39)32(41)35(46-5)31(25)40/h7-18,34,42,44H,6,19-20H2,1-5H3. The van der Waals surface area contributed by atoms with Crippen LogP contribution in [0, 0.1) is 28.7 Å². The first-order chi connectivity index (χ1) is 22.4. The zero-order valence-electron chi connectivity index (χ0n) is 26.8. The van der Waals surface area contributed by atoms with Crippen LogP contribution in [0.25, 0.3) is 0 Å². The van der Waals surface area contributed by atoms with Gasteiger partial charge < -0.3 is 19.9 Å². The Morgan fingerprint density at radius 3 is 2.34 bits per heavy atom. The van der Waals surface area contributed by atoms with Crippen molar-refractivity contribution in [1.29, 1.82) is 0 Å². The highest BCUT2D eigenvalue weighted by Gasteiger charge is 2.39. The molecule has 0 saturated carbocycles. The van der Waals surface area contributed by atoms with Crippen LogP contribution in [0.5, 0.6) is 17.2 Å². The lowest BCUT2D eigenvalue weighted by molar-refractivity contribution is 0.0974. The van der Waals surface area contributed by atoms with Gasteiger partial charge in [0.2, 0.25) is 5.82 Å². The topological polar surface area (TPSA) is 71.0 Å². The maximum atomic E-state index is 16.3. The fourth-order valence-corrected chi connectivity index (χ4v) is 5.60. The largest absolute Gasteiger partial charge is 0.506 e. The van der Waals surface area contributed by atoms with Crippen molar-refractivity contribution in [2.75, 3.05) is 17.3 Å². The van der Waals surface area contributed by atoms with Gasteiger partial charge in [0, 0.05) is 17.3 Å². The number of amides is 1. The Morgan fingerprint density at radius 2 is 1.68 bits per heavy atom. The molecule has 1 aliphatic rings. The third-order valence-corrected chi connectivity index (χ3v) is 8.60. The molecule has 4 aromatic carbocycles. The summed E-state index contributed by atoms with van der Waals surface area (Å²) >= 11 is 0. The molecule has 1 aliphatic heterocycles. The van der Waals surface area contributed by atoms with Gasteiger partial charge in [-0.2, -0.15) is 4.39 Å². The average Bonchev–Trinajstić information content (AvgIpc) is 3.17. The van der Waals surface area contributed by atoms with E-state index in [2.05, 4.69) is 5.32 Å². The lowest BCUT2D eigenvalue weighted by Crippen LogP contribution is -2.37. The predicted molar refractivity (Wildman–Crippen MR) is 173 cm³/mol. The highest BCUT2D eigenvalue weighted by molar-refractivity contribution is 6.10. The smallest absolute Gasteiger partial charge is 0.262 e. The maximum absolute atomic E-state index is 16.3. The Hall–Kier alpha value is -4.99. The number of hydrogen-bond acceptors (Lipinski definition) is 5. The van der Waals surface area contributed by atoms with E-state index >= 15 is 8.78 Å². The number of phenolic OH excluding ortho intramolecular Hbond substituents is 1. The van der Waals surface area contributed by atoms with E-state index in [1.54, 1.807) is 13.0 Å². The van der Waals surface area contributed by atoms with E-state index < -0.39 is 46.5 Å². The molecule has 0 radical (unpaired) electrons. The van der Waals surface area contributed by atoms with Crippen LogP contribution in [0.4, 0.5) is 28.9 Å². The number of allylic oxidation sites excluding steroid dienone is 1. The van der Waals surface area contributed by atoms with E-state index in [1.807, 2.05) is 51.1 Å². The van der Waals surface area contributed by atoms with Crippen molar-refractivity contribution in [2.45, 2.75) is 53.2 Å². The minimum Gasteiger partial charge on any atom is -0.506 e. The van der Waals surface area contributed by atoms with Crippen LogP contribution >= 0.6 is 0 Å². The normalized spacial score (nSPS) is 14.7. The number of nitrogens with one attached hydrogen (secondary N) is 1. The summed E-state index contributed by atoms with van der Waals surface area (Å²) in [6.07, 6.45) is 1.21. The van der Waals surface area contributed by atoms with E-state index in [4.69, 9.17) is 9.47 Å². The van der Waals surface area contributed by atoms with E-state index in [0.29, 0.717) is 23.8 Å². The van der Waals surface area contributed by atoms with E-state index in [0.717, 1.165) is 24.0 Å². The minimum atomic E-state index is -1.59. The molecule has 5 rings (SSSR count). The molecule has 1 amide bonds. The number of benzene rings is 4. The Bertz CT molecular complexity index is 1840. The number of aromatic hydroxyl groups is 1. The van der Waals surface area contributed by atoms with Gasteiger partial charge in [-0.15, -0.1) is 0 Å². The second-order valence-corrected chi connectivity index (χ2v) is 12.3. The fraction of sp³-hybridized carbons (Fsp3) is 0.270. The summed E-state index contributed by atoms with van der Waals surface area (Å²) in [5, 5.41) is 14.3. The molecule has 10 heteroatoms. The summed E-state index contributed by atoms with van der Waals surface area (Å²) in [6, 6.07) is 17.2. The number of nitrogens with zero attached hydrogens (tertiary/aromatic N) is 1. The van der Waals surface area contributed by atoms with Crippen LogP contribution in [0.15, 0.2) is 84.1 Å². The SMILES string of the molecule is CCC(C)(C)CC1=C(C)C(c2ccc(OCc3ccccc3)cc2F)N(C(=O)c2cc(F)c(F)c(OC)c2F)c2cccc(O)c2N1. The molecule has 2 N–H and O–H groups in total. The third-order valence-electron chi connectivity index (χ3n) is 8.60. The number of anilines is 2.